The van der Waals surface area contributed by atoms with Gasteiger partial charge in [-0.1, -0.05) is 36.4 Å². The van der Waals surface area contributed by atoms with E-state index in [2.05, 4.69) is 20.5 Å². The highest BCUT2D eigenvalue weighted by Gasteiger charge is 2.10. The Balaban J connectivity index is 1.98. The van der Waals surface area contributed by atoms with Gasteiger partial charge in [0.05, 0.1) is 0 Å². The summed E-state index contributed by atoms with van der Waals surface area (Å²) in [6.45, 7) is 0. The van der Waals surface area contributed by atoms with Gasteiger partial charge in [-0.05, 0) is 11.5 Å². The maximum absolute atomic E-state index is 11.9. The van der Waals surface area contributed by atoms with E-state index >= 15 is 0 Å². The number of aromatic amines is 1. The minimum atomic E-state index is -0.302. The fourth-order valence-corrected chi connectivity index (χ4v) is 1.83. The van der Waals surface area contributed by atoms with Crippen molar-refractivity contribution in [2.24, 2.45) is 0 Å². The van der Waals surface area contributed by atoms with E-state index in [-0.39, 0.29) is 11.7 Å². The van der Waals surface area contributed by atoms with E-state index in [1.807, 2.05) is 42.5 Å². The number of carbonyl (C=O) groups is 1. The van der Waals surface area contributed by atoms with Crippen molar-refractivity contribution in [3.8, 4) is 0 Å². The fourth-order valence-electron chi connectivity index (χ4n) is 1.83. The first-order valence-corrected chi connectivity index (χ1v) is 5.49. The molecule has 18 heavy (non-hydrogen) atoms. The van der Waals surface area contributed by atoms with Crippen LogP contribution in [-0.4, -0.2) is 21.1 Å². The van der Waals surface area contributed by atoms with E-state index in [0.717, 1.165) is 16.5 Å². The molecule has 1 amide bonds. The monoisotopic (exact) mass is 238 g/mol. The van der Waals surface area contributed by atoms with Gasteiger partial charge in [0.15, 0.2) is 0 Å². The van der Waals surface area contributed by atoms with Gasteiger partial charge in [0.25, 0.3) is 5.91 Å². The van der Waals surface area contributed by atoms with Crippen LogP contribution in [0.25, 0.3) is 10.8 Å². The smallest absolute Gasteiger partial charge is 0.292 e. The predicted molar refractivity (Wildman–Crippen MR) is 68.3 cm³/mol. The number of nitrogens with one attached hydrogen (secondary N) is 2. The first kappa shape index (κ1) is 10.5. The molecule has 0 saturated carbocycles. The molecule has 0 aliphatic carbocycles. The van der Waals surface area contributed by atoms with Gasteiger partial charge in [-0.3, -0.25) is 9.89 Å². The van der Waals surface area contributed by atoms with Crippen molar-refractivity contribution in [2.45, 2.75) is 0 Å². The van der Waals surface area contributed by atoms with Gasteiger partial charge in [-0.25, -0.2) is 4.98 Å². The average Bonchev–Trinajstić information content (AvgIpc) is 2.93. The Morgan fingerprint density at radius 2 is 1.94 bits per heavy atom. The molecule has 0 aliphatic heterocycles. The summed E-state index contributed by atoms with van der Waals surface area (Å²) in [5.74, 6) is -0.105. The van der Waals surface area contributed by atoms with Crippen LogP contribution in [0.3, 0.4) is 0 Å². The van der Waals surface area contributed by atoms with Crippen molar-refractivity contribution >= 4 is 22.4 Å². The normalized spacial score (nSPS) is 10.4. The summed E-state index contributed by atoms with van der Waals surface area (Å²) in [5.41, 5.74) is 0.759. The van der Waals surface area contributed by atoms with Gasteiger partial charge < -0.3 is 5.32 Å². The van der Waals surface area contributed by atoms with Crippen molar-refractivity contribution in [2.75, 3.05) is 5.32 Å². The molecule has 2 N–H and O–H groups in total. The van der Waals surface area contributed by atoms with Crippen molar-refractivity contribution in [3.05, 3.63) is 54.6 Å². The molecule has 3 aromatic rings. The second-order valence-electron chi connectivity index (χ2n) is 3.81. The molecule has 5 heteroatoms. The van der Waals surface area contributed by atoms with Crippen LogP contribution in [-0.2, 0) is 0 Å². The van der Waals surface area contributed by atoms with Gasteiger partial charge in [-0.15, -0.1) is 0 Å². The summed E-state index contributed by atoms with van der Waals surface area (Å²) in [4.78, 5) is 15.7. The van der Waals surface area contributed by atoms with Gasteiger partial charge >= 0.3 is 0 Å². The maximum atomic E-state index is 11.9. The zero-order chi connectivity index (χ0) is 12.4. The lowest BCUT2D eigenvalue weighted by Crippen LogP contribution is -2.13. The SMILES string of the molecule is O=C(Nc1cccc2ccccc12)c1ncn[nH]1. The number of amides is 1. The Hall–Kier alpha value is -2.69. The third kappa shape index (κ3) is 1.82. The van der Waals surface area contributed by atoms with E-state index < -0.39 is 0 Å². The molecule has 0 spiro atoms. The molecule has 0 saturated heterocycles. The number of hydrogen-bond donors (Lipinski definition) is 2. The number of rotatable bonds is 2. The van der Waals surface area contributed by atoms with Gasteiger partial charge in [0.1, 0.15) is 6.33 Å². The van der Waals surface area contributed by atoms with Crippen LogP contribution < -0.4 is 5.32 Å². The number of aromatic nitrogens is 3. The molecule has 88 valence electrons. The third-order valence-corrected chi connectivity index (χ3v) is 2.67. The molecular weight excluding hydrogens is 228 g/mol. The molecule has 2 aromatic carbocycles. The Labute approximate surface area is 103 Å². The number of carbonyl (C=O) groups excluding carboxylic acids is 1. The zero-order valence-electron chi connectivity index (χ0n) is 9.42. The number of benzene rings is 2. The molecule has 0 fully saturated rings. The maximum Gasteiger partial charge on any atom is 0.292 e. The highest BCUT2D eigenvalue weighted by atomic mass is 16.2. The van der Waals surface area contributed by atoms with Gasteiger partial charge in [-0.2, -0.15) is 5.10 Å². The molecule has 0 atom stereocenters. The first-order valence-electron chi connectivity index (χ1n) is 5.49. The molecule has 0 aliphatic rings. The lowest BCUT2D eigenvalue weighted by atomic mass is 10.1. The number of H-pyrrole nitrogens is 1. The van der Waals surface area contributed by atoms with E-state index in [4.69, 9.17) is 0 Å². The minimum absolute atomic E-state index is 0.197. The number of anilines is 1. The van der Waals surface area contributed by atoms with Crippen molar-refractivity contribution in [1.82, 2.24) is 15.2 Å². The summed E-state index contributed by atoms with van der Waals surface area (Å²) < 4.78 is 0. The van der Waals surface area contributed by atoms with Crippen LogP contribution in [0.1, 0.15) is 10.6 Å². The fraction of sp³-hybridized carbons (Fsp3) is 0. The first-order chi connectivity index (χ1) is 8.84. The molecule has 0 bridgehead atoms. The second kappa shape index (κ2) is 4.29. The topological polar surface area (TPSA) is 70.7 Å². The Kier molecular flexibility index (Phi) is 2.49. The second-order valence-corrected chi connectivity index (χ2v) is 3.81. The number of hydrogen-bond acceptors (Lipinski definition) is 3. The molecule has 3 rings (SSSR count). The van der Waals surface area contributed by atoms with E-state index in [1.54, 1.807) is 0 Å². The molecule has 0 radical (unpaired) electrons. The Morgan fingerprint density at radius 3 is 2.78 bits per heavy atom. The van der Waals surface area contributed by atoms with Crippen molar-refractivity contribution < 1.29 is 4.79 Å². The summed E-state index contributed by atoms with van der Waals surface area (Å²) in [6.07, 6.45) is 1.30. The van der Waals surface area contributed by atoms with Crippen molar-refractivity contribution in [1.29, 1.82) is 0 Å². The summed E-state index contributed by atoms with van der Waals surface area (Å²) in [7, 11) is 0. The summed E-state index contributed by atoms with van der Waals surface area (Å²) in [6, 6.07) is 13.6. The van der Waals surface area contributed by atoms with Crippen LogP contribution in [0.4, 0.5) is 5.69 Å². The van der Waals surface area contributed by atoms with Gasteiger partial charge in [0.2, 0.25) is 5.82 Å². The minimum Gasteiger partial charge on any atom is -0.319 e. The predicted octanol–water partition coefficient (Wildman–Crippen LogP) is 2.21. The van der Waals surface area contributed by atoms with Crippen LogP contribution >= 0.6 is 0 Å². The molecule has 1 aromatic heterocycles. The lowest BCUT2D eigenvalue weighted by Gasteiger charge is -2.06. The highest BCUT2D eigenvalue weighted by molar-refractivity contribution is 6.07. The molecule has 0 unspecified atom stereocenters. The zero-order valence-corrected chi connectivity index (χ0v) is 9.42. The van der Waals surface area contributed by atoms with E-state index in [9.17, 15) is 4.79 Å². The average molecular weight is 238 g/mol. The number of nitrogens with zero attached hydrogens (tertiary/aromatic N) is 2. The third-order valence-electron chi connectivity index (χ3n) is 2.67. The highest BCUT2D eigenvalue weighted by Crippen LogP contribution is 2.23. The Bertz CT molecular complexity index is 686. The summed E-state index contributed by atoms with van der Waals surface area (Å²) in [5, 5.41) is 11.1. The van der Waals surface area contributed by atoms with Crippen LogP contribution in [0.2, 0.25) is 0 Å². The Morgan fingerprint density at radius 1 is 1.11 bits per heavy atom. The molecule has 5 nitrogen and oxygen atoms in total. The largest absolute Gasteiger partial charge is 0.319 e. The lowest BCUT2D eigenvalue weighted by molar-refractivity contribution is 0.101. The molecular formula is C13H10N4O. The van der Waals surface area contributed by atoms with E-state index in [1.165, 1.54) is 6.33 Å². The van der Waals surface area contributed by atoms with Crippen molar-refractivity contribution in [3.63, 3.8) is 0 Å². The summed E-state index contributed by atoms with van der Waals surface area (Å²) >= 11 is 0. The van der Waals surface area contributed by atoms with Crippen LogP contribution in [0.5, 0.6) is 0 Å². The van der Waals surface area contributed by atoms with E-state index in [0.29, 0.717) is 0 Å². The standard InChI is InChI=1S/C13H10N4O/c18-13(12-14-8-15-17-12)16-11-7-3-5-9-4-1-2-6-10(9)11/h1-8H,(H,16,18)(H,14,15,17). The van der Waals surface area contributed by atoms with Crippen LogP contribution in [0.15, 0.2) is 48.8 Å². The number of fused-ring (bicyclic) bond motifs is 1. The quantitative estimate of drug-likeness (QED) is 0.719. The molecule has 1 heterocycles. The van der Waals surface area contributed by atoms with Crippen LogP contribution in [0, 0.1) is 0 Å². The van der Waals surface area contributed by atoms with Gasteiger partial charge in [0, 0.05) is 11.1 Å².